The summed E-state index contributed by atoms with van der Waals surface area (Å²) in [6, 6.07) is 0. The molecule has 0 radical (unpaired) electrons. The van der Waals surface area contributed by atoms with E-state index in [1.54, 1.807) is 4.90 Å². The number of H-pyrrole nitrogens is 1. The van der Waals surface area contributed by atoms with Crippen LogP contribution >= 0.6 is 0 Å². The Labute approximate surface area is 173 Å². The van der Waals surface area contributed by atoms with E-state index in [2.05, 4.69) is 15.3 Å². The number of aromatic amines is 1. The van der Waals surface area contributed by atoms with E-state index in [1.807, 2.05) is 0 Å². The number of aromatic nitrogens is 2. The molecule has 1 spiro atoms. The number of hydrogen-bond donors (Lipinski definition) is 2. The van der Waals surface area contributed by atoms with Crippen LogP contribution in [0, 0.1) is 29.0 Å². The number of carbonyl (C=O) groups is 1. The van der Waals surface area contributed by atoms with Gasteiger partial charge in [0, 0.05) is 18.6 Å². The van der Waals surface area contributed by atoms with Crippen LogP contribution in [0.4, 0.5) is 10.2 Å². The molecule has 0 aromatic carbocycles. The lowest BCUT2D eigenvalue weighted by Crippen LogP contribution is -2.66. The molecule has 0 unspecified atom stereocenters. The molecule has 4 saturated carbocycles. The summed E-state index contributed by atoms with van der Waals surface area (Å²) >= 11 is 0. The lowest BCUT2D eigenvalue weighted by atomic mass is 9.53. The molecule has 0 atom stereocenters. The van der Waals surface area contributed by atoms with Crippen LogP contribution in [0.1, 0.15) is 38.5 Å². The Balaban J connectivity index is 1.11. The summed E-state index contributed by atoms with van der Waals surface area (Å²) in [5, 5.41) is 3.19. The molecule has 1 aromatic rings. The van der Waals surface area contributed by atoms with Crippen molar-refractivity contribution in [3.05, 3.63) is 16.3 Å². The summed E-state index contributed by atoms with van der Waals surface area (Å²) in [7, 11) is 0. The van der Waals surface area contributed by atoms with Gasteiger partial charge in [0.15, 0.2) is 12.4 Å². The summed E-state index contributed by atoms with van der Waals surface area (Å²) < 4.78 is 25.5. The third-order valence-corrected chi connectivity index (χ3v) is 7.79. The number of rotatable bonds is 5. The first-order valence-corrected chi connectivity index (χ1v) is 11.0. The molecule has 8 nitrogen and oxygen atoms in total. The average molecular weight is 418 g/mol. The largest absolute Gasteiger partial charge is 0.465 e. The Hall–Kier alpha value is -2.16. The van der Waals surface area contributed by atoms with Crippen LogP contribution in [0.5, 0.6) is 5.88 Å². The van der Waals surface area contributed by atoms with Crippen LogP contribution < -0.4 is 20.6 Å². The van der Waals surface area contributed by atoms with Crippen molar-refractivity contribution in [2.24, 2.45) is 23.2 Å². The Kier molecular flexibility index (Phi) is 3.98. The molecule has 6 fully saturated rings. The highest BCUT2D eigenvalue weighted by Crippen LogP contribution is 2.55. The number of amides is 1. The lowest BCUT2D eigenvalue weighted by molar-refractivity contribution is -0.129. The molecule has 162 valence electrons. The average Bonchev–Trinajstić information content (AvgIpc) is 2.59. The molecular formula is C21H27FN4O4. The number of halogens is 1. The lowest BCUT2D eigenvalue weighted by Gasteiger charge is -2.56. The van der Waals surface area contributed by atoms with Crippen LogP contribution in [-0.4, -0.2) is 54.3 Å². The Bertz CT molecular complexity index is 900. The highest BCUT2D eigenvalue weighted by molar-refractivity contribution is 5.78. The van der Waals surface area contributed by atoms with Crippen molar-refractivity contribution < 1.29 is 18.7 Å². The Morgan fingerprint density at radius 2 is 1.83 bits per heavy atom. The van der Waals surface area contributed by atoms with Gasteiger partial charge in [0.05, 0.1) is 18.6 Å². The second-order valence-electron chi connectivity index (χ2n) is 10.4. The maximum atomic E-state index is 14.9. The first-order chi connectivity index (χ1) is 14.4. The summed E-state index contributed by atoms with van der Waals surface area (Å²) in [6.07, 6.45) is 6.98. The predicted molar refractivity (Wildman–Crippen MR) is 105 cm³/mol. The van der Waals surface area contributed by atoms with E-state index in [0.717, 1.165) is 19.3 Å². The van der Waals surface area contributed by atoms with Crippen molar-refractivity contribution >= 4 is 11.7 Å². The van der Waals surface area contributed by atoms with Gasteiger partial charge in [-0.3, -0.25) is 9.78 Å². The molecule has 1 aromatic heterocycles. The zero-order chi connectivity index (χ0) is 20.5. The normalized spacial score (nSPS) is 35.1. The van der Waals surface area contributed by atoms with Gasteiger partial charge < -0.3 is 19.7 Å². The molecule has 1 amide bonds. The second-order valence-corrected chi connectivity index (χ2v) is 10.4. The molecular weight excluding hydrogens is 391 g/mol. The van der Waals surface area contributed by atoms with E-state index >= 15 is 0 Å². The quantitative estimate of drug-likeness (QED) is 0.746. The second kappa shape index (κ2) is 6.42. The van der Waals surface area contributed by atoms with E-state index in [0.29, 0.717) is 44.1 Å². The molecule has 2 aliphatic heterocycles. The van der Waals surface area contributed by atoms with Crippen LogP contribution in [0.3, 0.4) is 0 Å². The third kappa shape index (κ3) is 3.01. The van der Waals surface area contributed by atoms with E-state index < -0.39 is 17.4 Å². The van der Waals surface area contributed by atoms with Gasteiger partial charge in [-0.15, -0.1) is 0 Å². The molecule has 2 N–H and O–H groups in total. The van der Waals surface area contributed by atoms with Gasteiger partial charge in [-0.25, -0.2) is 4.79 Å². The van der Waals surface area contributed by atoms with Crippen molar-refractivity contribution in [2.75, 3.05) is 37.8 Å². The number of nitrogens with zero attached hydrogens (tertiary/aromatic N) is 2. The fourth-order valence-electron chi connectivity index (χ4n) is 6.96. The minimum Gasteiger partial charge on any atom is -0.465 e. The minimum absolute atomic E-state index is 0.0732. The van der Waals surface area contributed by atoms with Crippen molar-refractivity contribution in [1.82, 2.24) is 15.3 Å². The highest BCUT2D eigenvalue weighted by atomic mass is 19.1. The minimum atomic E-state index is -0.729. The van der Waals surface area contributed by atoms with Gasteiger partial charge in [-0.2, -0.15) is 9.37 Å². The number of carbonyl (C=O) groups excluding carboxylic acids is 1. The van der Waals surface area contributed by atoms with Gasteiger partial charge in [0.25, 0.3) is 11.8 Å². The molecule has 3 heterocycles. The van der Waals surface area contributed by atoms with Crippen LogP contribution in [0.15, 0.2) is 4.79 Å². The van der Waals surface area contributed by atoms with E-state index in [-0.39, 0.29) is 29.3 Å². The predicted octanol–water partition coefficient (Wildman–Crippen LogP) is 1.21. The topological polar surface area (TPSA) is 96.5 Å². The van der Waals surface area contributed by atoms with Crippen molar-refractivity contribution in [1.29, 1.82) is 0 Å². The van der Waals surface area contributed by atoms with E-state index in [9.17, 15) is 14.0 Å². The Morgan fingerprint density at radius 1 is 1.20 bits per heavy atom. The number of nitrogens with one attached hydrogen (secondary N) is 2. The summed E-state index contributed by atoms with van der Waals surface area (Å²) in [6.45, 7) is 2.22. The summed E-state index contributed by atoms with van der Waals surface area (Å²) in [5.74, 6) is 0.805. The monoisotopic (exact) mass is 418 g/mol. The first kappa shape index (κ1) is 18.6. The van der Waals surface area contributed by atoms with Crippen LogP contribution in [0.2, 0.25) is 0 Å². The van der Waals surface area contributed by atoms with Crippen molar-refractivity contribution in [2.45, 2.75) is 44.1 Å². The molecule has 30 heavy (non-hydrogen) atoms. The molecule has 9 heteroatoms. The third-order valence-electron chi connectivity index (χ3n) is 7.79. The maximum Gasteiger partial charge on any atom is 0.349 e. The number of ether oxygens (including phenoxy) is 2. The SMILES string of the molecule is O=C(COc1nc(=O)[nH]c(N2CC3(COC3)C2)c1F)NC12CC3CC(CC(C3)C1)C2. The van der Waals surface area contributed by atoms with Gasteiger partial charge in [-0.05, 0) is 56.3 Å². The van der Waals surface area contributed by atoms with E-state index in [4.69, 9.17) is 9.47 Å². The smallest absolute Gasteiger partial charge is 0.349 e. The first-order valence-electron chi connectivity index (χ1n) is 11.0. The maximum absolute atomic E-state index is 14.9. The molecule has 6 aliphatic rings. The highest BCUT2D eigenvalue weighted by Gasteiger charge is 2.52. The number of anilines is 1. The van der Waals surface area contributed by atoms with Crippen LogP contribution in [-0.2, 0) is 9.53 Å². The van der Waals surface area contributed by atoms with Crippen molar-refractivity contribution in [3.63, 3.8) is 0 Å². The van der Waals surface area contributed by atoms with Gasteiger partial charge in [-0.1, -0.05) is 0 Å². The fourth-order valence-corrected chi connectivity index (χ4v) is 6.96. The number of hydrogen-bond acceptors (Lipinski definition) is 6. The summed E-state index contributed by atoms with van der Waals surface area (Å²) in [4.78, 5) is 32.4. The zero-order valence-electron chi connectivity index (χ0n) is 16.9. The Morgan fingerprint density at radius 3 is 2.40 bits per heavy atom. The van der Waals surface area contributed by atoms with Crippen molar-refractivity contribution in [3.8, 4) is 5.88 Å². The fraction of sp³-hybridized carbons (Fsp3) is 0.762. The molecule has 2 saturated heterocycles. The molecule has 7 rings (SSSR count). The summed E-state index contributed by atoms with van der Waals surface area (Å²) in [5.41, 5.74) is -0.739. The molecule has 4 aliphatic carbocycles. The van der Waals surface area contributed by atoms with Gasteiger partial charge in [0.2, 0.25) is 5.82 Å². The van der Waals surface area contributed by atoms with Crippen LogP contribution in [0.25, 0.3) is 0 Å². The van der Waals surface area contributed by atoms with E-state index in [1.165, 1.54) is 19.3 Å². The molecule has 4 bridgehead atoms. The van der Waals surface area contributed by atoms with Gasteiger partial charge in [0.1, 0.15) is 0 Å². The van der Waals surface area contributed by atoms with Gasteiger partial charge >= 0.3 is 5.69 Å². The standard InChI is InChI=1S/C21H27FN4O4/c22-16-17(26-8-20(9-26)10-29-11-20)23-19(28)24-18(16)30-7-15(27)25-21-4-12-1-13(5-21)3-14(2-12)6-21/h12-14H,1-11H2,(H,25,27)(H,23,24,28). The zero-order valence-corrected chi connectivity index (χ0v) is 16.9.